The molecule has 1 aromatic heterocycles. The van der Waals surface area contributed by atoms with Gasteiger partial charge in [0.05, 0.1) is 0 Å². The van der Waals surface area contributed by atoms with Gasteiger partial charge in [-0.25, -0.2) is 0 Å². The number of hydrogen-bond acceptors (Lipinski definition) is 3. The van der Waals surface area contributed by atoms with E-state index in [2.05, 4.69) is 36.4 Å². The summed E-state index contributed by atoms with van der Waals surface area (Å²) < 4.78 is 0. The van der Waals surface area contributed by atoms with Crippen molar-refractivity contribution in [2.45, 2.75) is 33.2 Å². The van der Waals surface area contributed by atoms with Gasteiger partial charge in [-0.15, -0.1) is 11.3 Å². The largest absolute Gasteiger partial charge is 0.303 e. The molecule has 1 atom stereocenters. The van der Waals surface area contributed by atoms with Crippen molar-refractivity contribution in [1.82, 2.24) is 4.90 Å². The van der Waals surface area contributed by atoms with Crippen molar-refractivity contribution in [3.8, 4) is 0 Å². The number of aldehydes is 1. The van der Waals surface area contributed by atoms with Crippen LogP contribution in [-0.4, -0.2) is 30.8 Å². The van der Waals surface area contributed by atoms with E-state index in [0.717, 1.165) is 19.3 Å². The third-order valence-corrected chi connectivity index (χ3v) is 3.70. The summed E-state index contributed by atoms with van der Waals surface area (Å²) in [5.74, 6) is 0. The van der Waals surface area contributed by atoms with Crippen molar-refractivity contribution in [2.24, 2.45) is 5.41 Å². The summed E-state index contributed by atoms with van der Waals surface area (Å²) in [5.41, 5.74) is -0.252. The smallest absolute Gasteiger partial charge is 0.126 e. The lowest BCUT2D eigenvalue weighted by Gasteiger charge is -2.30. The fraction of sp³-hybridized carbons (Fsp3) is 0.615. The van der Waals surface area contributed by atoms with Gasteiger partial charge >= 0.3 is 0 Å². The first-order valence-corrected chi connectivity index (χ1v) is 6.51. The Balaban J connectivity index is 2.48. The minimum atomic E-state index is -0.252. The number of thiophene rings is 1. The standard InChI is InChI=1S/C13H21NOS/c1-11(8-12-6-5-7-16-12)14(4)9-13(2,3)10-15/h5-7,10-11H,8-9H2,1-4H3. The molecule has 2 nitrogen and oxygen atoms in total. The van der Waals surface area contributed by atoms with Crippen LogP contribution in [0.15, 0.2) is 17.5 Å². The minimum absolute atomic E-state index is 0.252. The number of likely N-dealkylation sites (N-methyl/N-ethyl adjacent to an activating group) is 1. The lowest BCUT2D eigenvalue weighted by molar-refractivity contribution is -0.115. The zero-order chi connectivity index (χ0) is 12.2. The van der Waals surface area contributed by atoms with Crippen molar-refractivity contribution >= 4 is 17.6 Å². The van der Waals surface area contributed by atoms with Crippen molar-refractivity contribution < 1.29 is 4.79 Å². The molecule has 1 unspecified atom stereocenters. The predicted octanol–water partition coefficient (Wildman–Crippen LogP) is 2.84. The number of carbonyl (C=O) groups excluding carboxylic acids is 1. The number of hydrogen-bond donors (Lipinski definition) is 0. The average molecular weight is 239 g/mol. The molecule has 0 spiro atoms. The van der Waals surface area contributed by atoms with E-state index in [-0.39, 0.29) is 5.41 Å². The van der Waals surface area contributed by atoms with E-state index in [1.807, 2.05) is 13.8 Å². The van der Waals surface area contributed by atoms with Gasteiger partial charge in [-0.3, -0.25) is 0 Å². The first-order valence-electron chi connectivity index (χ1n) is 5.63. The number of nitrogens with zero attached hydrogens (tertiary/aromatic N) is 1. The van der Waals surface area contributed by atoms with E-state index in [1.165, 1.54) is 4.88 Å². The molecule has 3 heteroatoms. The summed E-state index contributed by atoms with van der Waals surface area (Å²) in [4.78, 5) is 14.5. The summed E-state index contributed by atoms with van der Waals surface area (Å²) >= 11 is 1.80. The van der Waals surface area contributed by atoms with E-state index >= 15 is 0 Å². The van der Waals surface area contributed by atoms with Crippen LogP contribution in [0.25, 0.3) is 0 Å². The Hall–Kier alpha value is -0.670. The summed E-state index contributed by atoms with van der Waals surface area (Å²) in [6.45, 7) is 6.98. The van der Waals surface area contributed by atoms with Gasteiger partial charge in [0.25, 0.3) is 0 Å². The van der Waals surface area contributed by atoms with Crippen molar-refractivity contribution in [2.75, 3.05) is 13.6 Å². The zero-order valence-electron chi connectivity index (χ0n) is 10.6. The highest BCUT2D eigenvalue weighted by atomic mass is 32.1. The quantitative estimate of drug-likeness (QED) is 0.711. The highest BCUT2D eigenvalue weighted by molar-refractivity contribution is 7.09. The van der Waals surface area contributed by atoms with Gasteiger partial charge in [0, 0.05) is 22.9 Å². The van der Waals surface area contributed by atoms with Crippen LogP contribution < -0.4 is 0 Å². The molecule has 0 saturated carbocycles. The monoisotopic (exact) mass is 239 g/mol. The van der Waals surface area contributed by atoms with Crippen molar-refractivity contribution in [1.29, 1.82) is 0 Å². The predicted molar refractivity (Wildman–Crippen MR) is 70.0 cm³/mol. The minimum Gasteiger partial charge on any atom is -0.303 e. The fourth-order valence-electron chi connectivity index (χ4n) is 1.71. The average Bonchev–Trinajstić information content (AvgIpc) is 2.69. The molecule has 0 saturated heterocycles. The molecule has 0 aliphatic heterocycles. The Bertz CT molecular complexity index is 319. The van der Waals surface area contributed by atoms with Gasteiger partial charge in [0.15, 0.2) is 0 Å². The molecule has 0 aliphatic carbocycles. The molecule has 1 heterocycles. The Morgan fingerprint density at radius 1 is 1.56 bits per heavy atom. The molecule has 0 radical (unpaired) electrons. The molecule has 90 valence electrons. The Morgan fingerprint density at radius 3 is 2.75 bits per heavy atom. The van der Waals surface area contributed by atoms with Gasteiger partial charge in [0.1, 0.15) is 6.29 Å². The second-order valence-corrected chi connectivity index (χ2v) is 6.19. The highest BCUT2D eigenvalue weighted by Gasteiger charge is 2.21. The second-order valence-electron chi connectivity index (χ2n) is 5.15. The molecular formula is C13H21NOS. The molecule has 0 N–H and O–H groups in total. The maximum absolute atomic E-state index is 10.9. The second kappa shape index (κ2) is 5.60. The molecule has 0 aliphatic rings. The van der Waals surface area contributed by atoms with E-state index in [0.29, 0.717) is 6.04 Å². The topological polar surface area (TPSA) is 20.3 Å². The van der Waals surface area contributed by atoms with Crippen LogP contribution in [0.2, 0.25) is 0 Å². The molecule has 0 bridgehead atoms. The molecule has 0 fully saturated rings. The van der Waals surface area contributed by atoms with Crippen LogP contribution in [0.4, 0.5) is 0 Å². The first-order chi connectivity index (χ1) is 7.44. The van der Waals surface area contributed by atoms with E-state index in [4.69, 9.17) is 0 Å². The van der Waals surface area contributed by atoms with Crippen molar-refractivity contribution in [3.05, 3.63) is 22.4 Å². The maximum atomic E-state index is 10.9. The van der Waals surface area contributed by atoms with Gasteiger partial charge < -0.3 is 9.69 Å². The van der Waals surface area contributed by atoms with Gasteiger partial charge in [-0.05, 0) is 31.8 Å². The molecule has 1 rings (SSSR count). The van der Waals surface area contributed by atoms with Crippen LogP contribution in [0.5, 0.6) is 0 Å². The van der Waals surface area contributed by atoms with E-state index in [1.54, 1.807) is 11.3 Å². The summed E-state index contributed by atoms with van der Waals surface area (Å²) in [6.07, 6.45) is 2.10. The van der Waals surface area contributed by atoms with Crippen LogP contribution in [0, 0.1) is 5.41 Å². The summed E-state index contributed by atoms with van der Waals surface area (Å²) in [6, 6.07) is 4.72. The lowest BCUT2D eigenvalue weighted by Crippen LogP contribution is -2.39. The Morgan fingerprint density at radius 2 is 2.25 bits per heavy atom. The Kier molecular flexibility index (Phi) is 4.69. The van der Waals surface area contributed by atoms with E-state index < -0.39 is 0 Å². The summed E-state index contributed by atoms with van der Waals surface area (Å²) in [7, 11) is 2.09. The molecule has 16 heavy (non-hydrogen) atoms. The highest BCUT2D eigenvalue weighted by Crippen LogP contribution is 2.17. The summed E-state index contributed by atoms with van der Waals surface area (Å²) in [5, 5.41) is 2.11. The number of carbonyl (C=O) groups is 1. The molecular weight excluding hydrogens is 218 g/mol. The van der Waals surface area contributed by atoms with Crippen LogP contribution in [-0.2, 0) is 11.2 Å². The third-order valence-electron chi connectivity index (χ3n) is 2.81. The lowest BCUT2D eigenvalue weighted by atomic mass is 9.94. The third kappa shape index (κ3) is 4.06. The van der Waals surface area contributed by atoms with E-state index in [9.17, 15) is 4.79 Å². The zero-order valence-corrected chi connectivity index (χ0v) is 11.4. The SMILES string of the molecule is CC(Cc1cccs1)N(C)CC(C)(C)C=O. The first kappa shape index (κ1) is 13.4. The van der Waals surface area contributed by atoms with Crippen molar-refractivity contribution in [3.63, 3.8) is 0 Å². The van der Waals surface area contributed by atoms with Crippen LogP contribution in [0.1, 0.15) is 25.6 Å². The Labute approximate surface area is 102 Å². The van der Waals surface area contributed by atoms with Crippen LogP contribution in [0.3, 0.4) is 0 Å². The van der Waals surface area contributed by atoms with Gasteiger partial charge in [-0.2, -0.15) is 0 Å². The number of rotatable bonds is 6. The van der Waals surface area contributed by atoms with Gasteiger partial charge in [0.2, 0.25) is 0 Å². The molecule has 1 aromatic rings. The van der Waals surface area contributed by atoms with Crippen LogP contribution >= 0.6 is 11.3 Å². The maximum Gasteiger partial charge on any atom is 0.126 e. The van der Waals surface area contributed by atoms with Gasteiger partial charge in [-0.1, -0.05) is 19.9 Å². The molecule has 0 amide bonds. The fourth-order valence-corrected chi connectivity index (χ4v) is 2.54. The normalized spacial score (nSPS) is 14.1. The molecule has 0 aromatic carbocycles.